The molecule has 0 saturated carbocycles. The third-order valence-electron chi connectivity index (χ3n) is 2.55. The van der Waals surface area contributed by atoms with E-state index < -0.39 is 0 Å². The molecule has 0 spiro atoms. The quantitative estimate of drug-likeness (QED) is 0.834. The van der Waals surface area contributed by atoms with E-state index in [4.69, 9.17) is 0 Å². The highest BCUT2D eigenvalue weighted by molar-refractivity contribution is 5.36. The van der Waals surface area contributed by atoms with Crippen LogP contribution in [-0.2, 0) is 5.41 Å². The fourth-order valence-electron chi connectivity index (χ4n) is 1.44. The van der Waals surface area contributed by atoms with Gasteiger partial charge in [0.25, 0.3) is 0 Å². The maximum Gasteiger partial charge on any atom is 0.126 e. The summed E-state index contributed by atoms with van der Waals surface area (Å²) >= 11 is 0. The molecule has 0 saturated heterocycles. The van der Waals surface area contributed by atoms with E-state index in [0.717, 1.165) is 24.0 Å². The summed E-state index contributed by atoms with van der Waals surface area (Å²) in [6, 6.07) is 6.20. The van der Waals surface area contributed by atoms with E-state index in [1.54, 1.807) is 0 Å². The van der Waals surface area contributed by atoms with Gasteiger partial charge in [-0.15, -0.1) is 0 Å². The second-order valence-corrected chi connectivity index (χ2v) is 5.77. The second-order valence-electron chi connectivity index (χ2n) is 5.77. The molecule has 1 aromatic rings. The zero-order chi connectivity index (χ0) is 12.2. The van der Waals surface area contributed by atoms with Gasteiger partial charge in [0.05, 0.1) is 0 Å². The topological polar surface area (TPSA) is 24.9 Å². The molecule has 90 valence electrons. The van der Waals surface area contributed by atoms with Gasteiger partial charge >= 0.3 is 0 Å². The SMILES string of the molecule is CC(C)CCNc1cccc(C(C)(C)C)n1. The van der Waals surface area contributed by atoms with E-state index >= 15 is 0 Å². The van der Waals surface area contributed by atoms with E-state index in [1.807, 2.05) is 6.07 Å². The zero-order valence-electron chi connectivity index (χ0n) is 11.2. The van der Waals surface area contributed by atoms with Crippen molar-refractivity contribution in [3.63, 3.8) is 0 Å². The molecule has 1 heterocycles. The molecule has 0 unspecified atom stereocenters. The van der Waals surface area contributed by atoms with Crippen LogP contribution < -0.4 is 5.32 Å². The Labute approximate surface area is 99.5 Å². The summed E-state index contributed by atoms with van der Waals surface area (Å²) in [4.78, 5) is 4.63. The van der Waals surface area contributed by atoms with Crippen LogP contribution in [0.4, 0.5) is 5.82 Å². The Hall–Kier alpha value is -1.05. The van der Waals surface area contributed by atoms with Crippen LogP contribution in [0.5, 0.6) is 0 Å². The molecule has 2 heteroatoms. The first-order valence-corrected chi connectivity index (χ1v) is 6.11. The van der Waals surface area contributed by atoms with Gasteiger partial charge in [-0.1, -0.05) is 40.7 Å². The number of hydrogen-bond donors (Lipinski definition) is 1. The monoisotopic (exact) mass is 220 g/mol. The molecule has 16 heavy (non-hydrogen) atoms. The Morgan fingerprint density at radius 1 is 1.25 bits per heavy atom. The molecule has 0 aliphatic carbocycles. The van der Waals surface area contributed by atoms with Crippen LogP contribution in [0.1, 0.15) is 46.7 Å². The molecule has 0 bridgehead atoms. The Morgan fingerprint density at radius 3 is 2.50 bits per heavy atom. The zero-order valence-corrected chi connectivity index (χ0v) is 11.2. The fourth-order valence-corrected chi connectivity index (χ4v) is 1.44. The smallest absolute Gasteiger partial charge is 0.126 e. The maximum absolute atomic E-state index is 4.63. The molecule has 0 radical (unpaired) electrons. The summed E-state index contributed by atoms with van der Waals surface area (Å²) in [6.45, 7) is 12.0. The van der Waals surface area contributed by atoms with Crippen molar-refractivity contribution in [1.82, 2.24) is 4.98 Å². The van der Waals surface area contributed by atoms with Crippen molar-refractivity contribution in [2.75, 3.05) is 11.9 Å². The molecule has 0 aliphatic rings. The van der Waals surface area contributed by atoms with Gasteiger partial charge in [0.1, 0.15) is 5.82 Å². The lowest BCUT2D eigenvalue weighted by molar-refractivity contribution is 0.568. The van der Waals surface area contributed by atoms with Crippen LogP contribution >= 0.6 is 0 Å². The standard InChI is InChI=1S/C14H24N2/c1-11(2)9-10-15-13-8-6-7-12(16-13)14(3,4)5/h6-8,11H,9-10H2,1-5H3,(H,15,16). The second kappa shape index (κ2) is 5.33. The number of aromatic nitrogens is 1. The summed E-state index contributed by atoms with van der Waals surface area (Å²) in [6.07, 6.45) is 1.18. The first-order valence-electron chi connectivity index (χ1n) is 6.11. The Kier molecular flexibility index (Phi) is 4.34. The summed E-state index contributed by atoms with van der Waals surface area (Å²) in [5.41, 5.74) is 1.26. The van der Waals surface area contributed by atoms with Crippen molar-refractivity contribution in [3.8, 4) is 0 Å². The maximum atomic E-state index is 4.63. The van der Waals surface area contributed by atoms with Gasteiger partial charge in [0.2, 0.25) is 0 Å². The van der Waals surface area contributed by atoms with Crippen molar-refractivity contribution in [2.24, 2.45) is 5.92 Å². The number of pyridine rings is 1. The summed E-state index contributed by atoms with van der Waals surface area (Å²) in [7, 11) is 0. The van der Waals surface area contributed by atoms with Crippen LogP contribution in [0, 0.1) is 5.92 Å². The minimum Gasteiger partial charge on any atom is -0.370 e. The van der Waals surface area contributed by atoms with Gasteiger partial charge < -0.3 is 5.32 Å². The predicted octanol–water partition coefficient (Wildman–Crippen LogP) is 3.84. The number of nitrogens with zero attached hydrogens (tertiary/aromatic N) is 1. The average molecular weight is 220 g/mol. The molecular formula is C14H24N2. The van der Waals surface area contributed by atoms with E-state index in [1.165, 1.54) is 6.42 Å². The lowest BCUT2D eigenvalue weighted by atomic mass is 9.92. The summed E-state index contributed by atoms with van der Waals surface area (Å²) in [5.74, 6) is 1.73. The van der Waals surface area contributed by atoms with Crippen LogP contribution in [0.25, 0.3) is 0 Å². The van der Waals surface area contributed by atoms with Gasteiger partial charge in [-0.25, -0.2) is 4.98 Å². The normalized spacial score (nSPS) is 11.9. The Bertz CT molecular complexity index is 324. The Balaban J connectivity index is 2.61. The molecule has 1 rings (SSSR count). The van der Waals surface area contributed by atoms with E-state index in [9.17, 15) is 0 Å². The van der Waals surface area contributed by atoms with Crippen LogP contribution in [0.15, 0.2) is 18.2 Å². The molecular weight excluding hydrogens is 196 g/mol. The highest BCUT2D eigenvalue weighted by atomic mass is 15.0. The molecule has 1 N–H and O–H groups in total. The van der Waals surface area contributed by atoms with Crippen LogP contribution in [0.2, 0.25) is 0 Å². The molecule has 1 aromatic heterocycles. The van der Waals surface area contributed by atoms with Gasteiger partial charge in [0, 0.05) is 17.7 Å². The lowest BCUT2D eigenvalue weighted by Gasteiger charge is -2.18. The Morgan fingerprint density at radius 2 is 1.94 bits per heavy atom. The highest BCUT2D eigenvalue weighted by Gasteiger charge is 2.15. The molecule has 0 atom stereocenters. The van der Waals surface area contributed by atoms with E-state index in [0.29, 0.717) is 0 Å². The number of rotatable bonds is 4. The molecule has 0 aliphatic heterocycles. The minimum absolute atomic E-state index is 0.121. The summed E-state index contributed by atoms with van der Waals surface area (Å²) in [5, 5.41) is 3.38. The van der Waals surface area contributed by atoms with Crippen molar-refractivity contribution in [1.29, 1.82) is 0 Å². The van der Waals surface area contributed by atoms with Gasteiger partial charge in [-0.05, 0) is 24.5 Å². The van der Waals surface area contributed by atoms with Crippen LogP contribution in [0.3, 0.4) is 0 Å². The van der Waals surface area contributed by atoms with Crippen molar-refractivity contribution in [3.05, 3.63) is 23.9 Å². The van der Waals surface area contributed by atoms with Crippen LogP contribution in [-0.4, -0.2) is 11.5 Å². The van der Waals surface area contributed by atoms with E-state index in [2.05, 4.69) is 57.1 Å². The largest absolute Gasteiger partial charge is 0.370 e. The third kappa shape index (κ3) is 4.21. The first kappa shape index (κ1) is 13.0. The number of anilines is 1. The van der Waals surface area contributed by atoms with Gasteiger partial charge in [-0.2, -0.15) is 0 Å². The van der Waals surface area contributed by atoms with Gasteiger partial charge in [0.15, 0.2) is 0 Å². The number of nitrogens with one attached hydrogen (secondary N) is 1. The lowest BCUT2D eigenvalue weighted by Crippen LogP contribution is -2.15. The first-order chi connectivity index (χ1) is 7.39. The molecule has 2 nitrogen and oxygen atoms in total. The van der Waals surface area contributed by atoms with Crippen molar-refractivity contribution in [2.45, 2.75) is 46.5 Å². The number of hydrogen-bond acceptors (Lipinski definition) is 2. The minimum atomic E-state index is 0.121. The van der Waals surface area contributed by atoms with Gasteiger partial charge in [-0.3, -0.25) is 0 Å². The fraction of sp³-hybridized carbons (Fsp3) is 0.643. The van der Waals surface area contributed by atoms with Crippen molar-refractivity contribution < 1.29 is 0 Å². The predicted molar refractivity (Wildman–Crippen MR) is 70.9 cm³/mol. The average Bonchev–Trinajstić information content (AvgIpc) is 2.16. The van der Waals surface area contributed by atoms with E-state index in [-0.39, 0.29) is 5.41 Å². The molecule has 0 fully saturated rings. The molecule has 0 aromatic carbocycles. The summed E-state index contributed by atoms with van der Waals surface area (Å²) < 4.78 is 0. The van der Waals surface area contributed by atoms with Crippen molar-refractivity contribution >= 4 is 5.82 Å². The molecule has 0 amide bonds. The highest BCUT2D eigenvalue weighted by Crippen LogP contribution is 2.21. The third-order valence-corrected chi connectivity index (χ3v) is 2.55.